The van der Waals surface area contributed by atoms with Crippen molar-refractivity contribution < 1.29 is 12.9 Å². The standard InChI is InChI=1S/C14H18N4O3S.ClH/c1-16-22(19,20)11-6-4-10(5-7-11)12-17-13(18-21-12)14(15)8-2-3-9-14;/h4-7,16H,2-3,8-9,15H2,1H3;1H. The van der Waals surface area contributed by atoms with Crippen molar-refractivity contribution in [1.29, 1.82) is 0 Å². The average molecular weight is 359 g/mol. The third kappa shape index (κ3) is 3.40. The molecule has 1 aromatic heterocycles. The minimum absolute atomic E-state index is 0. The third-order valence-corrected chi connectivity index (χ3v) is 5.48. The highest BCUT2D eigenvalue weighted by molar-refractivity contribution is 7.89. The summed E-state index contributed by atoms with van der Waals surface area (Å²) in [5.41, 5.74) is 6.46. The van der Waals surface area contributed by atoms with Crippen LogP contribution in [0.5, 0.6) is 0 Å². The van der Waals surface area contributed by atoms with Crippen molar-refractivity contribution in [2.75, 3.05) is 7.05 Å². The number of rotatable bonds is 4. The van der Waals surface area contributed by atoms with Gasteiger partial charge in [-0.1, -0.05) is 18.0 Å². The predicted molar refractivity (Wildman–Crippen MR) is 87.6 cm³/mol. The molecular formula is C14H19ClN4O3S. The van der Waals surface area contributed by atoms with Gasteiger partial charge in [0.2, 0.25) is 10.0 Å². The molecule has 0 bridgehead atoms. The van der Waals surface area contributed by atoms with Crippen molar-refractivity contribution in [3.63, 3.8) is 0 Å². The average Bonchev–Trinajstić information content (AvgIpc) is 3.17. The summed E-state index contributed by atoms with van der Waals surface area (Å²) in [6, 6.07) is 6.27. The molecule has 1 aliphatic rings. The van der Waals surface area contributed by atoms with Gasteiger partial charge in [-0.2, -0.15) is 4.98 Å². The lowest BCUT2D eigenvalue weighted by Crippen LogP contribution is -2.34. The van der Waals surface area contributed by atoms with E-state index in [1.165, 1.54) is 19.2 Å². The molecule has 9 heteroatoms. The van der Waals surface area contributed by atoms with Gasteiger partial charge in [-0.05, 0) is 44.2 Å². The number of benzene rings is 1. The van der Waals surface area contributed by atoms with Crippen molar-refractivity contribution in [3.05, 3.63) is 30.1 Å². The van der Waals surface area contributed by atoms with E-state index in [1.54, 1.807) is 12.1 Å². The van der Waals surface area contributed by atoms with E-state index in [0.717, 1.165) is 25.7 Å². The van der Waals surface area contributed by atoms with Gasteiger partial charge in [0.15, 0.2) is 5.82 Å². The fourth-order valence-corrected chi connectivity index (χ4v) is 3.40. The van der Waals surface area contributed by atoms with Gasteiger partial charge in [0.1, 0.15) is 0 Å². The van der Waals surface area contributed by atoms with Gasteiger partial charge in [-0.15, -0.1) is 12.4 Å². The molecule has 1 heterocycles. The van der Waals surface area contributed by atoms with E-state index in [4.69, 9.17) is 10.3 Å². The number of nitrogens with zero attached hydrogens (tertiary/aromatic N) is 2. The highest BCUT2D eigenvalue weighted by atomic mass is 35.5. The van der Waals surface area contributed by atoms with Gasteiger partial charge in [-0.25, -0.2) is 13.1 Å². The number of nitrogens with one attached hydrogen (secondary N) is 1. The monoisotopic (exact) mass is 358 g/mol. The topological polar surface area (TPSA) is 111 Å². The zero-order valence-corrected chi connectivity index (χ0v) is 14.3. The second-order valence-corrected chi connectivity index (χ2v) is 7.40. The number of aromatic nitrogens is 2. The third-order valence-electron chi connectivity index (χ3n) is 4.05. The van der Waals surface area contributed by atoms with Crippen molar-refractivity contribution >= 4 is 22.4 Å². The highest BCUT2D eigenvalue weighted by Gasteiger charge is 2.36. The fourth-order valence-electron chi connectivity index (χ4n) is 2.67. The zero-order chi connectivity index (χ0) is 15.8. The summed E-state index contributed by atoms with van der Waals surface area (Å²) < 4.78 is 30.9. The van der Waals surface area contributed by atoms with Crippen LogP contribution in [0.4, 0.5) is 0 Å². The molecule has 0 radical (unpaired) electrons. The minimum Gasteiger partial charge on any atom is -0.334 e. The van der Waals surface area contributed by atoms with Crippen LogP contribution in [-0.4, -0.2) is 25.6 Å². The first-order valence-corrected chi connectivity index (χ1v) is 8.60. The molecule has 0 amide bonds. The predicted octanol–water partition coefficient (Wildman–Crippen LogP) is 1.79. The maximum Gasteiger partial charge on any atom is 0.257 e. The van der Waals surface area contributed by atoms with Crippen LogP contribution < -0.4 is 10.5 Å². The molecule has 0 spiro atoms. The molecule has 2 aromatic rings. The van der Waals surface area contributed by atoms with E-state index >= 15 is 0 Å². The maximum absolute atomic E-state index is 11.7. The van der Waals surface area contributed by atoms with Crippen LogP contribution in [0.1, 0.15) is 31.5 Å². The quantitative estimate of drug-likeness (QED) is 0.861. The Kier molecular flexibility index (Phi) is 5.10. The van der Waals surface area contributed by atoms with E-state index in [2.05, 4.69) is 14.9 Å². The van der Waals surface area contributed by atoms with Crippen LogP contribution in [0.3, 0.4) is 0 Å². The van der Waals surface area contributed by atoms with Crippen LogP contribution >= 0.6 is 12.4 Å². The van der Waals surface area contributed by atoms with E-state index in [0.29, 0.717) is 17.3 Å². The first-order chi connectivity index (χ1) is 10.4. The zero-order valence-electron chi connectivity index (χ0n) is 12.7. The van der Waals surface area contributed by atoms with Crippen LogP contribution in [-0.2, 0) is 15.6 Å². The Labute approximate surface area is 141 Å². The molecule has 1 saturated carbocycles. The molecular weight excluding hydrogens is 340 g/mol. The van der Waals surface area contributed by atoms with Crippen molar-refractivity contribution in [2.45, 2.75) is 36.1 Å². The Hall–Kier alpha value is -1.48. The number of hydrogen-bond acceptors (Lipinski definition) is 6. The van der Waals surface area contributed by atoms with Gasteiger partial charge in [-0.3, -0.25) is 0 Å². The number of halogens is 1. The van der Waals surface area contributed by atoms with Gasteiger partial charge in [0, 0.05) is 5.56 Å². The second kappa shape index (κ2) is 6.56. The smallest absolute Gasteiger partial charge is 0.257 e. The normalized spacial score (nSPS) is 17.0. The molecule has 3 rings (SSSR count). The maximum atomic E-state index is 11.7. The first kappa shape index (κ1) is 17.9. The summed E-state index contributed by atoms with van der Waals surface area (Å²) in [5, 5.41) is 3.99. The van der Waals surface area contributed by atoms with Crippen LogP contribution in [0, 0.1) is 0 Å². The molecule has 23 heavy (non-hydrogen) atoms. The van der Waals surface area contributed by atoms with Gasteiger partial charge >= 0.3 is 0 Å². The lowest BCUT2D eigenvalue weighted by molar-refractivity contribution is 0.372. The summed E-state index contributed by atoms with van der Waals surface area (Å²) in [5.74, 6) is 0.868. The molecule has 3 N–H and O–H groups in total. The molecule has 1 aliphatic carbocycles. The lowest BCUT2D eigenvalue weighted by Gasteiger charge is -2.17. The summed E-state index contributed by atoms with van der Waals surface area (Å²) in [7, 11) is -2.08. The number of nitrogens with two attached hydrogens (primary N) is 1. The Bertz CT molecular complexity index is 768. The Morgan fingerprint density at radius 3 is 2.39 bits per heavy atom. The highest BCUT2D eigenvalue weighted by Crippen LogP contribution is 2.35. The Balaban J connectivity index is 0.00000192. The van der Waals surface area contributed by atoms with Gasteiger partial charge in [0.05, 0.1) is 10.4 Å². The second-order valence-electron chi connectivity index (χ2n) is 5.52. The summed E-state index contributed by atoms with van der Waals surface area (Å²) >= 11 is 0. The number of sulfonamides is 1. The summed E-state index contributed by atoms with van der Waals surface area (Å²) in [4.78, 5) is 4.56. The molecule has 0 atom stereocenters. The molecule has 1 aromatic carbocycles. The van der Waals surface area contributed by atoms with E-state index in [9.17, 15) is 8.42 Å². The molecule has 126 valence electrons. The van der Waals surface area contributed by atoms with Gasteiger partial charge < -0.3 is 10.3 Å². The Morgan fingerprint density at radius 2 is 1.83 bits per heavy atom. The van der Waals surface area contributed by atoms with E-state index in [-0.39, 0.29) is 17.3 Å². The van der Waals surface area contributed by atoms with E-state index < -0.39 is 15.6 Å². The van der Waals surface area contributed by atoms with E-state index in [1.807, 2.05) is 0 Å². The van der Waals surface area contributed by atoms with Gasteiger partial charge in [0.25, 0.3) is 5.89 Å². The SMILES string of the molecule is CNS(=O)(=O)c1ccc(-c2nc(C3(N)CCCC3)no2)cc1.Cl. The lowest BCUT2D eigenvalue weighted by atomic mass is 9.99. The molecule has 7 nitrogen and oxygen atoms in total. The largest absolute Gasteiger partial charge is 0.334 e. The molecule has 1 fully saturated rings. The van der Waals surface area contributed by atoms with Crippen LogP contribution in [0.25, 0.3) is 11.5 Å². The van der Waals surface area contributed by atoms with Crippen LogP contribution in [0.2, 0.25) is 0 Å². The molecule has 0 unspecified atom stereocenters. The first-order valence-electron chi connectivity index (χ1n) is 7.12. The fraction of sp³-hybridized carbons (Fsp3) is 0.429. The molecule has 0 aliphatic heterocycles. The van der Waals surface area contributed by atoms with Crippen molar-refractivity contribution in [2.24, 2.45) is 5.73 Å². The number of hydrogen-bond donors (Lipinski definition) is 2. The molecule has 0 saturated heterocycles. The van der Waals surface area contributed by atoms with Crippen molar-refractivity contribution in [3.8, 4) is 11.5 Å². The Morgan fingerprint density at radius 1 is 1.22 bits per heavy atom. The van der Waals surface area contributed by atoms with Crippen LogP contribution in [0.15, 0.2) is 33.7 Å². The van der Waals surface area contributed by atoms with Crippen molar-refractivity contribution in [1.82, 2.24) is 14.9 Å². The summed E-state index contributed by atoms with van der Waals surface area (Å²) in [6.07, 6.45) is 3.84. The minimum atomic E-state index is -3.45. The summed E-state index contributed by atoms with van der Waals surface area (Å²) in [6.45, 7) is 0.